The first-order chi connectivity index (χ1) is 9.90. The summed E-state index contributed by atoms with van der Waals surface area (Å²) in [5, 5.41) is 10.7. The molecule has 1 atom stereocenters. The molecule has 1 unspecified atom stereocenters. The minimum atomic E-state index is -0.926. The van der Waals surface area contributed by atoms with Gasteiger partial charge in [0.15, 0.2) is 17.7 Å². The Bertz CT molecular complexity index is 532. The van der Waals surface area contributed by atoms with Gasteiger partial charge in [0.2, 0.25) is 0 Å². The van der Waals surface area contributed by atoms with E-state index in [1.807, 2.05) is 6.92 Å². The van der Waals surface area contributed by atoms with Crippen LogP contribution >= 0.6 is 0 Å². The Balaban J connectivity index is 3.01. The normalized spacial score (nSPS) is 11.8. The number of carbonyl (C=O) groups is 1. The Morgan fingerprint density at radius 3 is 2.62 bits per heavy atom. The summed E-state index contributed by atoms with van der Waals surface area (Å²) < 4.78 is 24.1. The lowest BCUT2D eigenvalue weighted by Crippen LogP contribution is -2.29. The van der Waals surface area contributed by atoms with E-state index >= 15 is 0 Å². The van der Waals surface area contributed by atoms with Crippen molar-refractivity contribution in [1.29, 1.82) is 0 Å². The summed E-state index contributed by atoms with van der Waals surface area (Å²) >= 11 is 0. The second-order valence-electron chi connectivity index (χ2n) is 4.47. The molecule has 1 aromatic rings. The van der Waals surface area contributed by atoms with E-state index in [-0.39, 0.29) is 23.6 Å². The molecular weight excluding hydrogens is 281 g/mol. The fourth-order valence-corrected chi connectivity index (χ4v) is 1.81. The first-order valence-electron chi connectivity index (χ1n) is 6.68. The molecular formula is C14H18FNO5. The topological polar surface area (TPSA) is 78.7 Å². The zero-order valence-electron chi connectivity index (χ0n) is 12.2. The Morgan fingerprint density at radius 1 is 1.43 bits per heavy atom. The summed E-state index contributed by atoms with van der Waals surface area (Å²) in [7, 11) is 0. The number of esters is 1. The van der Waals surface area contributed by atoms with E-state index in [0.717, 1.165) is 6.07 Å². The van der Waals surface area contributed by atoms with Crippen LogP contribution in [-0.4, -0.2) is 23.6 Å². The molecule has 1 aromatic carbocycles. The maximum atomic E-state index is 13.9. The van der Waals surface area contributed by atoms with Crippen LogP contribution in [0.5, 0.6) is 5.75 Å². The standard InChI is InChI=1S/C14H18FNO5/c1-4-6-12(14(17)20-5-2)21-13-7-9(3)11(16(18)19)8-10(13)15/h7-8,12H,4-6H2,1-3H3. The third-order valence-corrected chi connectivity index (χ3v) is 2.82. The van der Waals surface area contributed by atoms with Gasteiger partial charge in [-0.2, -0.15) is 0 Å². The lowest BCUT2D eigenvalue weighted by molar-refractivity contribution is -0.385. The predicted octanol–water partition coefficient (Wildman–Crippen LogP) is 3.15. The molecule has 0 saturated heterocycles. The zero-order valence-corrected chi connectivity index (χ0v) is 12.2. The lowest BCUT2D eigenvalue weighted by atomic mass is 10.1. The van der Waals surface area contributed by atoms with Gasteiger partial charge in [-0.05, 0) is 26.3 Å². The predicted molar refractivity (Wildman–Crippen MR) is 73.7 cm³/mol. The highest BCUT2D eigenvalue weighted by Gasteiger charge is 2.24. The van der Waals surface area contributed by atoms with Gasteiger partial charge in [-0.25, -0.2) is 9.18 Å². The quantitative estimate of drug-likeness (QED) is 0.439. The van der Waals surface area contributed by atoms with E-state index in [2.05, 4.69) is 0 Å². The summed E-state index contributed by atoms with van der Waals surface area (Å²) in [5.41, 5.74) is -0.0708. The van der Waals surface area contributed by atoms with Crippen LogP contribution in [0.1, 0.15) is 32.3 Å². The fraction of sp³-hybridized carbons (Fsp3) is 0.500. The number of nitro benzene ring substituents is 1. The molecule has 0 aliphatic carbocycles. The van der Waals surface area contributed by atoms with Crippen LogP contribution in [0.15, 0.2) is 12.1 Å². The number of hydrogen-bond donors (Lipinski definition) is 0. The molecule has 0 bridgehead atoms. The van der Waals surface area contributed by atoms with Gasteiger partial charge in [-0.15, -0.1) is 0 Å². The van der Waals surface area contributed by atoms with Gasteiger partial charge < -0.3 is 9.47 Å². The summed E-state index contributed by atoms with van der Waals surface area (Å²) in [6.07, 6.45) is 0.0936. The van der Waals surface area contributed by atoms with Crippen LogP contribution in [0.3, 0.4) is 0 Å². The average molecular weight is 299 g/mol. The van der Waals surface area contributed by atoms with Crippen molar-refractivity contribution in [2.24, 2.45) is 0 Å². The van der Waals surface area contributed by atoms with Crippen molar-refractivity contribution in [2.45, 2.75) is 39.7 Å². The summed E-state index contributed by atoms with van der Waals surface area (Å²) in [6, 6.07) is 2.01. The van der Waals surface area contributed by atoms with E-state index in [0.29, 0.717) is 12.8 Å². The van der Waals surface area contributed by atoms with Gasteiger partial charge in [0.1, 0.15) is 0 Å². The van der Waals surface area contributed by atoms with Gasteiger partial charge in [0, 0.05) is 5.56 Å². The summed E-state index contributed by atoms with van der Waals surface area (Å²) in [6.45, 7) is 5.19. The molecule has 0 radical (unpaired) electrons. The maximum absolute atomic E-state index is 13.9. The van der Waals surface area contributed by atoms with Crippen LogP contribution in [0.2, 0.25) is 0 Å². The number of carbonyl (C=O) groups excluding carboxylic acids is 1. The van der Waals surface area contributed by atoms with Crippen LogP contribution in [0.4, 0.5) is 10.1 Å². The highest BCUT2D eigenvalue weighted by Crippen LogP contribution is 2.28. The van der Waals surface area contributed by atoms with Gasteiger partial charge in [0.25, 0.3) is 5.69 Å². The van der Waals surface area contributed by atoms with Crippen molar-refractivity contribution < 1.29 is 23.6 Å². The lowest BCUT2D eigenvalue weighted by Gasteiger charge is -2.17. The van der Waals surface area contributed by atoms with Gasteiger partial charge in [-0.1, -0.05) is 13.3 Å². The monoisotopic (exact) mass is 299 g/mol. The molecule has 0 amide bonds. The van der Waals surface area contributed by atoms with Crippen LogP contribution in [0.25, 0.3) is 0 Å². The molecule has 1 rings (SSSR count). The molecule has 0 heterocycles. The third-order valence-electron chi connectivity index (χ3n) is 2.82. The van der Waals surface area contributed by atoms with E-state index in [1.54, 1.807) is 6.92 Å². The van der Waals surface area contributed by atoms with E-state index in [1.165, 1.54) is 13.0 Å². The molecule has 0 N–H and O–H groups in total. The minimum absolute atomic E-state index is 0.190. The Morgan fingerprint density at radius 2 is 2.10 bits per heavy atom. The maximum Gasteiger partial charge on any atom is 0.347 e. The molecule has 0 aromatic heterocycles. The smallest absolute Gasteiger partial charge is 0.347 e. The Hall–Kier alpha value is -2.18. The number of nitro groups is 1. The van der Waals surface area contributed by atoms with Crippen molar-refractivity contribution in [3.8, 4) is 5.75 Å². The Kier molecular flexibility index (Phi) is 6.08. The second-order valence-corrected chi connectivity index (χ2v) is 4.47. The number of nitrogens with zero attached hydrogens (tertiary/aromatic N) is 1. The zero-order chi connectivity index (χ0) is 16.0. The fourth-order valence-electron chi connectivity index (χ4n) is 1.81. The molecule has 0 spiro atoms. The van der Waals surface area contributed by atoms with E-state index < -0.39 is 22.8 Å². The van der Waals surface area contributed by atoms with Crippen LogP contribution < -0.4 is 4.74 Å². The molecule has 7 heteroatoms. The number of halogens is 1. The van der Waals surface area contributed by atoms with Gasteiger partial charge in [-0.3, -0.25) is 10.1 Å². The summed E-state index contributed by atoms with van der Waals surface area (Å²) in [5.74, 6) is -1.64. The van der Waals surface area contributed by atoms with Crippen LogP contribution in [0, 0.1) is 22.9 Å². The van der Waals surface area contributed by atoms with E-state index in [9.17, 15) is 19.3 Å². The number of benzene rings is 1. The van der Waals surface area contributed by atoms with Crippen molar-refractivity contribution >= 4 is 11.7 Å². The van der Waals surface area contributed by atoms with Crippen molar-refractivity contribution in [3.63, 3.8) is 0 Å². The first-order valence-corrected chi connectivity index (χ1v) is 6.68. The molecule has 0 aliphatic heterocycles. The largest absolute Gasteiger partial charge is 0.476 e. The average Bonchev–Trinajstić information content (AvgIpc) is 2.41. The summed E-state index contributed by atoms with van der Waals surface area (Å²) in [4.78, 5) is 21.8. The molecule has 0 fully saturated rings. The third kappa shape index (κ3) is 4.40. The second kappa shape index (κ2) is 7.56. The van der Waals surface area contributed by atoms with Crippen LogP contribution in [-0.2, 0) is 9.53 Å². The molecule has 116 valence electrons. The highest BCUT2D eigenvalue weighted by atomic mass is 19.1. The van der Waals surface area contributed by atoms with E-state index in [4.69, 9.17) is 9.47 Å². The first kappa shape index (κ1) is 16.9. The number of aryl methyl sites for hydroxylation is 1. The highest BCUT2D eigenvalue weighted by molar-refractivity contribution is 5.75. The van der Waals surface area contributed by atoms with Crippen molar-refractivity contribution in [2.75, 3.05) is 6.61 Å². The number of hydrogen-bond acceptors (Lipinski definition) is 5. The molecule has 0 saturated carbocycles. The van der Waals surface area contributed by atoms with Crippen molar-refractivity contribution in [3.05, 3.63) is 33.6 Å². The van der Waals surface area contributed by atoms with Gasteiger partial charge >= 0.3 is 5.97 Å². The van der Waals surface area contributed by atoms with Gasteiger partial charge in [0.05, 0.1) is 17.6 Å². The Labute approximate surface area is 122 Å². The molecule has 0 aliphatic rings. The molecule has 6 nitrogen and oxygen atoms in total. The SMILES string of the molecule is CCCC(Oc1cc(C)c([N+](=O)[O-])cc1F)C(=O)OCC. The number of rotatable bonds is 7. The molecule has 21 heavy (non-hydrogen) atoms. The minimum Gasteiger partial charge on any atom is -0.476 e. The van der Waals surface area contributed by atoms with Crippen molar-refractivity contribution in [1.82, 2.24) is 0 Å². The number of ether oxygens (including phenoxy) is 2.